The van der Waals surface area contributed by atoms with Crippen LogP contribution in [0.4, 0.5) is 11.4 Å². The molecule has 1 aliphatic heterocycles. The van der Waals surface area contributed by atoms with Crippen molar-refractivity contribution in [2.45, 2.75) is 12.6 Å². The third kappa shape index (κ3) is 4.16. The van der Waals surface area contributed by atoms with Gasteiger partial charge in [0.15, 0.2) is 0 Å². The molecule has 154 valence electrons. The summed E-state index contributed by atoms with van der Waals surface area (Å²) in [6.45, 7) is 1.32. The van der Waals surface area contributed by atoms with Crippen LogP contribution >= 0.6 is 0 Å². The minimum atomic E-state index is -0.228. The van der Waals surface area contributed by atoms with E-state index in [1.807, 2.05) is 71.4 Å². The van der Waals surface area contributed by atoms with Crippen LogP contribution in [-0.2, 0) is 6.42 Å². The van der Waals surface area contributed by atoms with Crippen LogP contribution in [0.3, 0.4) is 0 Å². The molecule has 3 aromatic rings. The van der Waals surface area contributed by atoms with E-state index in [-0.39, 0.29) is 18.7 Å². The van der Waals surface area contributed by atoms with Crippen molar-refractivity contribution >= 4 is 17.3 Å². The van der Waals surface area contributed by atoms with Gasteiger partial charge >= 0.3 is 0 Å². The fourth-order valence-corrected chi connectivity index (χ4v) is 3.87. The molecule has 4 rings (SSSR count). The van der Waals surface area contributed by atoms with Crippen molar-refractivity contribution in [1.29, 1.82) is 0 Å². The van der Waals surface area contributed by atoms with E-state index in [2.05, 4.69) is 29.6 Å². The van der Waals surface area contributed by atoms with E-state index in [1.165, 1.54) is 5.56 Å². The molecule has 0 spiro atoms. The van der Waals surface area contributed by atoms with Crippen LogP contribution < -0.4 is 10.2 Å². The molecule has 30 heavy (non-hydrogen) atoms. The second-order valence-electron chi connectivity index (χ2n) is 7.56. The molecule has 0 aromatic heterocycles. The maximum absolute atomic E-state index is 13.3. The quantitative estimate of drug-likeness (QED) is 0.630. The summed E-state index contributed by atoms with van der Waals surface area (Å²) in [5.74, 6) is 0.0479. The normalized spacial score (nSPS) is 15.5. The van der Waals surface area contributed by atoms with Crippen LogP contribution in [0.5, 0.6) is 0 Å². The van der Waals surface area contributed by atoms with Crippen molar-refractivity contribution in [3.8, 4) is 0 Å². The maximum Gasteiger partial charge on any atom is 0.257 e. The Hall–Kier alpha value is -3.31. The lowest BCUT2D eigenvalue weighted by Gasteiger charge is -2.38. The van der Waals surface area contributed by atoms with Gasteiger partial charge in [0.05, 0.1) is 12.2 Å². The highest BCUT2D eigenvalue weighted by molar-refractivity contribution is 6.01. The molecular formula is C25H27N3O2. The minimum absolute atomic E-state index is 0.0479. The number of carbonyl (C=O) groups is 1. The number of benzene rings is 3. The van der Waals surface area contributed by atoms with Gasteiger partial charge in [0.1, 0.15) is 6.17 Å². The van der Waals surface area contributed by atoms with Gasteiger partial charge in [-0.25, -0.2) is 0 Å². The van der Waals surface area contributed by atoms with Crippen LogP contribution in [0, 0.1) is 0 Å². The van der Waals surface area contributed by atoms with Gasteiger partial charge < -0.3 is 20.2 Å². The maximum atomic E-state index is 13.3. The van der Waals surface area contributed by atoms with E-state index < -0.39 is 0 Å². The number of rotatable bonds is 7. The fraction of sp³-hybridized carbons (Fsp3) is 0.240. The summed E-state index contributed by atoms with van der Waals surface area (Å²) in [6.07, 6.45) is 0.567. The average Bonchev–Trinajstić information content (AvgIpc) is 2.79. The van der Waals surface area contributed by atoms with Gasteiger partial charge in [-0.1, -0.05) is 54.6 Å². The lowest BCUT2D eigenvalue weighted by Crippen LogP contribution is -2.44. The number of aliphatic hydroxyl groups is 1. The van der Waals surface area contributed by atoms with Crippen LogP contribution in [0.2, 0.25) is 0 Å². The molecule has 1 heterocycles. The summed E-state index contributed by atoms with van der Waals surface area (Å²) in [6, 6.07) is 26.1. The number of hydrogen-bond donors (Lipinski definition) is 2. The van der Waals surface area contributed by atoms with Crippen molar-refractivity contribution in [3.05, 3.63) is 95.6 Å². The van der Waals surface area contributed by atoms with E-state index in [0.717, 1.165) is 23.4 Å². The van der Waals surface area contributed by atoms with Gasteiger partial charge in [-0.15, -0.1) is 0 Å². The number of para-hydroxylation sites is 1. The van der Waals surface area contributed by atoms with Gasteiger partial charge in [0, 0.05) is 31.5 Å². The zero-order valence-corrected chi connectivity index (χ0v) is 17.2. The van der Waals surface area contributed by atoms with E-state index in [1.54, 1.807) is 0 Å². The highest BCUT2D eigenvalue weighted by Crippen LogP contribution is 2.33. The Morgan fingerprint density at radius 2 is 1.67 bits per heavy atom. The number of amides is 1. The smallest absolute Gasteiger partial charge is 0.257 e. The molecule has 1 aliphatic rings. The second kappa shape index (κ2) is 9.01. The van der Waals surface area contributed by atoms with Gasteiger partial charge in [0.25, 0.3) is 5.91 Å². The molecule has 5 heteroatoms. The Morgan fingerprint density at radius 1 is 0.967 bits per heavy atom. The molecule has 0 saturated carbocycles. The summed E-state index contributed by atoms with van der Waals surface area (Å²) in [5, 5.41) is 12.7. The van der Waals surface area contributed by atoms with E-state index in [0.29, 0.717) is 18.7 Å². The van der Waals surface area contributed by atoms with E-state index in [4.69, 9.17) is 0 Å². The molecule has 0 aliphatic carbocycles. The summed E-state index contributed by atoms with van der Waals surface area (Å²) in [5.41, 5.74) is 4.85. The van der Waals surface area contributed by atoms with E-state index >= 15 is 0 Å². The first-order valence-electron chi connectivity index (χ1n) is 10.3. The lowest BCUT2D eigenvalue weighted by atomic mass is 10.0. The van der Waals surface area contributed by atoms with Crippen molar-refractivity contribution in [1.82, 2.24) is 4.90 Å². The summed E-state index contributed by atoms with van der Waals surface area (Å²) >= 11 is 0. The zero-order chi connectivity index (χ0) is 20.9. The Morgan fingerprint density at radius 3 is 2.40 bits per heavy atom. The third-order valence-corrected chi connectivity index (χ3v) is 5.59. The second-order valence-corrected chi connectivity index (χ2v) is 7.56. The number of carbonyl (C=O) groups excluding carboxylic acids is 1. The Balaban J connectivity index is 1.62. The van der Waals surface area contributed by atoms with Crippen molar-refractivity contribution < 1.29 is 9.90 Å². The average molecular weight is 402 g/mol. The highest BCUT2D eigenvalue weighted by Gasteiger charge is 2.32. The number of anilines is 2. The molecule has 0 fully saturated rings. The lowest BCUT2D eigenvalue weighted by molar-refractivity contribution is 0.0685. The molecular weight excluding hydrogens is 374 g/mol. The first kappa shape index (κ1) is 20.0. The monoisotopic (exact) mass is 401 g/mol. The van der Waals surface area contributed by atoms with E-state index in [9.17, 15) is 9.90 Å². The number of nitrogens with one attached hydrogen (secondary N) is 1. The molecule has 0 unspecified atom stereocenters. The Kier molecular flexibility index (Phi) is 6.00. The van der Waals surface area contributed by atoms with Crippen molar-refractivity contribution in [2.75, 3.05) is 37.0 Å². The number of hydrogen-bond acceptors (Lipinski definition) is 4. The number of fused-ring (bicyclic) bond motifs is 1. The first-order valence-corrected chi connectivity index (χ1v) is 10.3. The standard InChI is InChI=1S/C25H27N3O2/c1-27(17-18-29)21-13-11-20(12-14-21)24-26-23-10-6-5-9-22(23)25(30)28(24)16-15-19-7-3-2-4-8-19/h2-14,24,26,29H,15-18H2,1H3/t24-/m0/s1. The van der Waals surface area contributed by atoms with Crippen LogP contribution in [0.1, 0.15) is 27.7 Å². The molecule has 3 aromatic carbocycles. The summed E-state index contributed by atoms with van der Waals surface area (Å²) < 4.78 is 0. The third-order valence-electron chi connectivity index (χ3n) is 5.59. The Labute approximate surface area is 177 Å². The molecule has 0 radical (unpaired) electrons. The molecule has 0 saturated heterocycles. The molecule has 0 bridgehead atoms. The predicted molar refractivity (Wildman–Crippen MR) is 121 cm³/mol. The number of likely N-dealkylation sites (N-methyl/N-ethyl adjacent to an activating group) is 1. The van der Waals surface area contributed by atoms with Crippen molar-refractivity contribution in [2.24, 2.45) is 0 Å². The number of nitrogens with zero attached hydrogens (tertiary/aromatic N) is 2. The zero-order valence-electron chi connectivity index (χ0n) is 17.2. The molecule has 2 N–H and O–H groups in total. The van der Waals surface area contributed by atoms with Crippen LogP contribution in [0.25, 0.3) is 0 Å². The molecule has 5 nitrogen and oxygen atoms in total. The van der Waals surface area contributed by atoms with Gasteiger partial charge in [-0.2, -0.15) is 0 Å². The number of aliphatic hydroxyl groups excluding tert-OH is 1. The highest BCUT2D eigenvalue weighted by atomic mass is 16.3. The first-order chi connectivity index (χ1) is 14.7. The summed E-state index contributed by atoms with van der Waals surface area (Å²) in [4.78, 5) is 17.3. The van der Waals surface area contributed by atoms with Gasteiger partial charge in [-0.3, -0.25) is 4.79 Å². The van der Waals surface area contributed by atoms with Crippen molar-refractivity contribution in [3.63, 3.8) is 0 Å². The van der Waals surface area contributed by atoms with Crippen LogP contribution in [0.15, 0.2) is 78.9 Å². The SMILES string of the molecule is CN(CCO)c1ccc([C@H]2Nc3ccccc3C(=O)N2CCc2ccccc2)cc1. The van der Waals surface area contributed by atoms with Gasteiger partial charge in [-0.05, 0) is 41.8 Å². The largest absolute Gasteiger partial charge is 0.395 e. The topological polar surface area (TPSA) is 55.8 Å². The van der Waals surface area contributed by atoms with Crippen LogP contribution in [-0.4, -0.2) is 42.7 Å². The minimum Gasteiger partial charge on any atom is -0.395 e. The molecule has 1 atom stereocenters. The Bertz CT molecular complexity index is 989. The summed E-state index contributed by atoms with van der Waals surface area (Å²) in [7, 11) is 1.95. The van der Waals surface area contributed by atoms with Gasteiger partial charge in [0.2, 0.25) is 0 Å². The fourth-order valence-electron chi connectivity index (χ4n) is 3.87. The molecule has 1 amide bonds. The predicted octanol–water partition coefficient (Wildman–Crippen LogP) is 3.92.